The first-order chi connectivity index (χ1) is 9.95. The number of rotatable bonds is 6. The van der Waals surface area contributed by atoms with Crippen LogP contribution in [-0.4, -0.2) is 35.3 Å². The molecule has 2 aromatic rings. The van der Waals surface area contributed by atoms with Gasteiger partial charge in [-0.3, -0.25) is 0 Å². The third-order valence-electron chi connectivity index (χ3n) is 2.76. The molecule has 114 valence electrons. The minimum Gasteiger partial charge on any atom is -0.353 e. The molecule has 0 saturated carbocycles. The van der Waals surface area contributed by atoms with Crippen LogP contribution in [0.1, 0.15) is 25.0 Å². The molecule has 0 unspecified atom stereocenters. The van der Waals surface area contributed by atoms with Gasteiger partial charge in [0.15, 0.2) is 4.34 Å². The third kappa shape index (κ3) is 4.66. The van der Waals surface area contributed by atoms with Crippen LogP contribution in [0.2, 0.25) is 0 Å². The van der Waals surface area contributed by atoms with E-state index in [1.54, 1.807) is 23.1 Å². The Labute approximate surface area is 134 Å². The van der Waals surface area contributed by atoms with Gasteiger partial charge in [0.05, 0.1) is 0 Å². The zero-order chi connectivity index (χ0) is 15.4. The zero-order valence-electron chi connectivity index (χ0n) is 13.0. The van der Waals surface area contributed by atoms with Crippen molar-refractivity contribution in [2.24, 2.45) is 0 Å². The molecular formula is C14H21N5S2. The summed E-state index contributed by atoms with van der Waals surface area (Å²) in [5.74, 6) is 0. The summed E-state index contributed by atoms with van der Waals surface area (Å²) < 4.78 is 0.919. The zero-order valence-corrected chi connectivity index (χ0v) is 14.7. The van der Waals surface area contributed by atoms with Crippen LogP contribution in [0.3, 0.4) is 0 Å². The molecule has 0 aliphatic rings. The van der Waals surface area contributed by atoms with Crippen molar-refractivity contribution in [3.63, 3.8) is 0 Å². The number of hydrogen-bond donors (Lipinski definition) is 1. The van der Waals surface area contributed by atoms with Crippen LogP contribution >= 0.6 is 23.1 Å². The Hall–Kier alpha value is -1.18. The second kappa shape index (κ2) is 7.20. The summed E-state index contributed by atoms with van der Waals surface area (Å²) in [5, 5.41) is 13.6. The summed E-state index contributed by atoms with van der Waals surface area (Å²) in [6.45, 7) is 7.22. The van der Waals surface area contributed by atoms with Gasteiger partial charge in [0, 0.05) is 32.9 Å². The first kappa shape index (κ1) is 16.2. The van der Waals surface area contributed by atoms with E-state index < -0.39 is 0 Å². The van der Waals surface area contributed by atoms with Gasteiger partial charge in [0.2, 0.25) is 5.13 Å². The smallest absolute Gasteiger partial charge is 0.208 e. The lowest BCUT2D eigenvalue weighted by molar-refractivity contribution is 0.587. The highest BCUT2D eigenvalue weighted by Crippen LogP contribution is 2.33. The minimum absolute atomic E-state index is 0.477. The second-order valence-electron chi connectivity index (χ2n) is 5.35. The molecular weight excluding hydrogens is 302 g/mol. The average molecular weight is 323 g/mol. The van der Waals surface area contributed by atoms with Crippen LogP contribution in [0, 0.1) is 6.92 Å². The number of aromatic nitrogens is 3. The summed E-state index contributed by atoms with van der Waals surface area (Å²) in [5.41, 5.74) is 2.38. The maximum absolute atomic E-state index is 4.55. The molecule has 7 heteroatoms. The van der Waals surface area contributed by atoms with E-state index in [-0.39, 0.29) is 0 Å². The van der Waals surface area contributed by atoms with E-state index in [2.05, 4.69) is 47.3 Å². The van der Waals surface area contributed by atoms with Crippen molar-refractivity contribution in [1.82, 2.24) is 20.5 Å². The highest BCUT2D eigenvalue weighted by Gasteiger charge is 2.10. The van der Waals surface area contributed by atoms with Crippen LogP contribution in [0.5, 0.6) is 0 Å². The van der Waals surface area contributed by atoms with Crippen molar-refractivity contribution in [2.75, 3.05) is 19.0 Å². The van der Waals surface area contributed by atoms with Gasteiger partial charge in [0.25, 0.3) is 0 Å². The maximum atomic E-state index is 4.55. The van der Waals surface area contributed by atoms with E-state index in [1.165, 1.54) is 11.1 Å². The highest BCUT2D eigenvalue weighted by molar-refractivity contribution is 8.01. The number of aryl methyl sites for hydroxylation is 1. The van der Waals surface area contributed by atoms with Crippen LogP contribution in [-0.2, 0) is 6.54 Å². The van der Waals surface area contributed by atoms with Crippen molar-refractivity contribution in [3.8, 4) is 0 Å². The van der Waals surface area contributed by atoms with Crippen molar-refractivity contribution >= 4 is 28.2 Å². The second-order valence-corrected chi connectivity index (χ2v) is 7.54. The Morgan fingerprint density at radius 1 is 1.33 bits per heavy atom. The van der Waals surface area contributed by atoms with Crippen LogP contribution in [0.25, 0.3) is 0 Å². The highest BCUT2D eigenvalue weighted by atomic mass is 32.2. The molecule has 0 fully saturated rings. The molecule has 0 aliphatic carbocycles. The lowest BCUT2D eigenvalue weighted by Gasteiger charge is -2.09. The minimum atomic E-state index is 0.477. The monoisotopic (exact) mass is 323 g/mol. The molecule has 2 heterocycles. The number of anilines is 1. The van der Waals surface area contributed by atoms with Gasteiger partial charge in [-0.2, -0.15) is 0 Å². The van der Waals surface area contributed by atoms with E-state index in [9.17, 15) is 0 Å². The Morgan fingerprint density at radius 3 is 2.67 bits per heavy atom. The molecule has 0 aliphatic heterocycles. The SMILES string of the molecule is Cc1cc(CNC(C)C)cnc1Sc1nnc(N(C)C)s1. The van der Waals surface area contributed by atoms with Crippen LogP contribution in [0.4, 0.5) is 5.13 Å². The van der Waals surface area contributed by atoms with E-state index >= 15 is 0 Å². The summed E-state index contributed by atoms with van der Waals surface area (Å²) >= 11 is 3.15. The Kier molecular flexibility index (Phi) is 5.55. The molecule has 0 spiro atoms. The number of hydrogen-bond acceptors (Lipinski definition) is 7. The van der Waals surface area contributed by atoms with E-state index in [4.69, 9.17) is 0 Å². The normalized spacial score (nSPS) is 11.1. The molecule has 1 N–H and O–H groups in total. The lowest BCUT2D eigenvalue weighted by atomic mass is 10.2. The third-order valence-corrected chi connectivity index (χ3v) is 5.03. The van der Waals surface area contributed by atoms with Gasteiger partial charge in [-0.15, -0.1) is 10.2 Å². The summed E-state index contributed by atoms with van der Waals surface area (Å²) in [6.07, 6.45) is 1.93. The van der Waals surface area contributed by atoms with E-state index in [0.29, 0.717) is 6.04 Å². The molecule has 21 heavy (non-hydrogen) atoms. The van der Waals surface area contributed by atoms with E-state index in [1.807, 2.05) is 25.2 Å². The fourth-order valence-corrected chi connectivity index (χ4v) is 3.35. The summed E-state index contributed by atoms with van der Waals surface area (Å²) in [4.78, 5) is 6.51. The fourth-order valence-electron chi connectivity index (χ4n) is 1.65. The van der Waals surface area contributed by atoms with Crippen molar-refractivity contribution in [2.45, 2.75) is 42.7 Å². The quantitative estimate of drug-likeness (QED) is 0.882. The predicted molar refractivity (Wildman–Crippen MR) is 89.3 cm³/mol. The molecule has 0 saturated heterocycles. The summed E-state index contributed by atoms with van der Waals surface area (Å²) in [7, 11) is 3.93. The topological polar surface area (TPSA) is 53.9 Å². The largest absolute Gasteiger partial charge is 0.353 e. The van der Waals surface area contributed by atoms with Gasteiger partial charge in [-0.1, -0.05) is 31.3 Å². The predicted octanol–water partition coefficient (Wildman–Crippen LogP) is 2.96. The first-order valence-corrected chi connectivity index (χ1v) is 8.46. The molecule has 2 rings (SSSR count). The van der Waals surface area contributed by atoms with Crippen molar-refractivity contribution < 1.29 is 0 Å². The number of pyridine rings is 1. The molecule has 5 nitrogen and oxygen atoms in total. The van der Waals surface area contributed by atoms with Crippen molar-refractivity contribution in [3.05, 3.63) is 23.4 Å². The van der Waals surface area contributed by atoms with Crippen LogP contribution < -0.4 is 10.2 Å². The van der Waals surface area contributed by atoms with Crippen molar-refractivity contribution in [1.29, 1.82) is 0 Å². The van der Waals surface area contributed by atoms with Gasteiger partial charge in [0.1, 0.15) is 5.03 Å². The average Bonchev–Trinajstić information content (AvgIpc) is 2.88. The molecule has 2 aromatic heterocycles. The van der Waals surface area contributed by atoms with Gasteiger partial charge >= 0.3 is 0 Å². The standard InChI is InChI=1S/C14H21N5S2/c1-9(2)15-7-11-6-10(3)12(16-8-11)20-14-18-17-13(21-14)19(4)5/h6,8-9,15H,7H2,1-5H3. The Bertz CT molecular complexity index is 595. The van der Waals surface area contributed by atoms with Gasteiger partial charge in [-0.05, 0) is 29.8 Å². The molecule has 0 aromatic carbocycles. The fraction of sp³-hybridized carbons (Fsp3) is 0.500. The number of nitrogens with one attached hydrogen (secondary N) is 1. The van der Waals surface area contributed by atoms with Gasteiger partial charge < -0.3 is 10.2 Å². The van der Waals surface area contributed by atoms with Crippen LogP contribution in [0.15, 0.2) is 21.6 Å². The molecule has 0 radical (unpaired) electrons. The number of nitrogens with zero attached hydrogens (tertiary/aromatic N) is 4. The summed E-state index contributed by atoms with van der Waals surface area (Å²) in [6, 6.07) is 2.66. The molecule has 0 bridgehead atoms. The maximum Gasteiger partial charge on any atom is 0.208 e. The lowest BCUT2D eigenvalue weighted by Crippen LogP contribution is -2.21. The Balaban J connectivity index is 2.06. The first-order valence-electron chi connectivity index (χ1n) is 6.83. The van der Waals surface area contributed by atoms with E-state index in [0.717, 1.165) is 21.0 Å². The van der Waals surface area contributed by atoms with Gasteiger partial charge in [-0.25, -0.2) is 4.98 Å². The Morgan fingerprint density at radius 2 is 2.10 bits per heavy atom. The molecule has 0 atom stereocenters. The molecule has 0 amide bonds.